The van der Waals surface area contributed by atoms with Gasteiger partial charge in [0.2, 0.25) is 17.6 Å². The van der Waals surface area contributed by atoms with Crippen molar-refractivity contribution in [1.29, 1.82) is 0 Å². The summed E-state index contributed by atoms with van der Waals surface area (Å²) < 4.78 is 12.9. The summed E-state index contributed by atoms with van der Waals surface area (Å²) >= 11 is 5.92. The van der Waals surface area contributed by atoms with E-state index in [2.05, 4.69) is 20.7 Å². The number of ether oxygens (including phenoxy) is 1. The third-order valence-corrected chi connectivity index (χ3v) is 7.80. The van der Waals surface area contributed by atoms with Crippen LogP contribution in [0.4, 0.5) is 11.5 Å². The van der Waals surface area contributed by atoms with Crippen molar-refractivity contribution in [2.75, 3.05) is 30.4 Å². The maximum atomic E-state index is 13.5. The maximum absolute atomic E-state index is 13.5. The predicted molar refractivity (Wildman–Crippen MR) is 150 cm³/mol. The van der Waals surface area contributed by atoms with Crippen LogP contribution in [-0.4, -0.2) is 68.2 Å². The Bertz CT molecular complexity index is 1610. The van der Waals surface area contributed by atoms with Crippen molar-refractivity contribution in [2.24, 2.45) is 13.0 Å². The number of carbonyl (C=O) groups is 3. The molecule has 0 spiro atoms. The Kier molecular flexibility index (Phi) is 7.41. The van der Waals surface area contributed by atoms with Crippen LogP contribution >= 0.6 is 11.6 Å². The second-order valence-electron chi connectivity index (χ2n) is 10.1. The number of aromatic nitrogens is 4. The normalized spacial score (nSPS) is 19.4. The Labute approximate surface area is 240 Å². The summed E-state index contributed by atoms with van der Waals surface area (Å²) in [4.78, 5) is 49.9. The zero-order chi connectivity index (χ0) is 28.5. The highest BCUT2D eigenvalue weighted by atomic mass is 35.5. The number of aryl methyl sites for hydroxylation is 1. The van der Waals surface area contributed by atoms with Gasteiger partial charge in [0.05, 0.1) is 23.0 Å². The summed E-state index contributed by atoms with van der Waals surface area (Å²) in [6.45, 7) is 1.22. The molecule has 0 bridgehead atoms. The van der Waals surface area contributed by atoms with Crippen LogP contribution in [0.3, 0.4) is 0 Å². The van der Waals surface area contributed by atoms with Gasteiger partial charge in [-0.05, 0) is 56.0 Å². The molecular formula is C28H28ClN7O5. The van der Waals surface area contributed by atoms with Crippen molar-refractivity contribution in [1.82, 2.24) is 24.6 Å². The average Bonchev–Trinajstić information content (AvgIpc) is 3.57. The Hall–Kier alpha value is -4.29. The minimum atomic E-state index is -0.593. The van der Waals surface area contributed by atoms with E-state index in [1.807, 2.05) is 11.0 Å². The molecule has 4 aromatic heterocycles. The van der Waals surface area contributed by atoms with Crippen molar-refractivity contribution >= 4 is 51.9 Å². The lowest BCUT2D eigenvalue weighted by atomic mass is 9.84. The van der Waals surface area contributed by atoms with Crippen LogP contribution in [0.25, 0.3) is 22.5 Å². The third kappa shape index (κ3) is 5.52. The van der Waals surface area contributed by atoms with E-state index >= 15 is 0 Å². The maximum Gasteiger partial charge on any atom is 0.294 e. The van der Waals surface area contributed by atoms with E-state index in [1.54, 1.807) is 42.2 Å². The minimum absolute atomic E-state index is 0.00449. The summed E-state index contributed by atoms with van der Waals surface area (Å²) in [5.74, 6) is -0.934. The monoisotopic (exact) mass is 577 g/mol. The Morgan fingerprint density at radius 3 is 2.61 bits per heavy atom. The minimum Gasteiger partial charge on any atom is -0.447 e. The molecule has 1 aliphatic carbocycles. The molecule has 13 heteroatoms. The van der Waals surface area contributed by atoms with Gasteiger partial charge in [0.15, 0.2) is 5.58 Å². The van der Waals surface area contributed by atoms with Crippen molar-refractivity contribution in [3.63, 3.8) is 0 Å². The predicted octanol–water partition coefficient (Wildman–Crippen LogP) is 3.89. The molecule has 4 aromatic rings. The molecule has 6 rings (SSSR count). The van der Waals surface area contributed by atoms with Crippen LogP contribution in [0.5, 0.6) is 0 Å². The molecule has 1 saturated carbocycles. The van der Waals surface area contributed by atoms with Gasteiger partial charge in [-0.3, -0.25) is 19.1 Å². The standard InChI is InChI=1S/C28H28ClN7O5/c1-35-20(10-11-31-35)19-7-8-21-24(32-19)25(26(41-21)28(39)33-22-9-4-17(29)14-30-22)34-27(38)16-2-5-18(6-3-16)36-12-13-40-15-23(36)37/h4,7-11,14,16,18H,2-3,5-6,12-13,15H2,1H3,(H,34,38)(H,30,33,39)/t16-,18-. The number of nitrogens with zero attached hydrogens (tertiary/aromatic N) is 5. The van der Waals surface area contributed by atoms with Crippen LogP contribution in [0.15, 0.2) is 47.1 Å². The van der Waals surface area contributed by atoms with E-state index in [0.29, 0.717) is 60.7 Å². The smallest absolute Gasteiger partial charge is 0.294 e. The molecule has 0 radical (unpaired) electrons. The first-order chi connectivity index (χ1) is 19.9. The number of carbonyl (C=O) groups excluding carboxylic acids is 3. The molecule has 0 aromatic carbocycles. The molecule has 1 aliphatic heterocycles. The molecule has 12 nitrogen and oxygen atoms in total. The average molecular weight is 578 g/mol. The number of anilines is 2. The van der Waals surface area contributed by atoms with Crippen LogP contribution < -0.4 is 10.6 Å². The number of halogens is 1. The number of hydrogen-bond acceptors (Lipinski definition) is 8. The Balaban J connectivity index is 1.27. The van der Waals surface area contributed by atoms with Gasteiger partial charge < -0.3 is 24.7 Å². The Morgan fingerprint density at radius 1 is 1.07 bits per heavy atom. The molecule has 2 aliphatic rings. The molecule has 2 N–H and O–H groups in total. The van der Waals surface area contributed by atoms with E-state index in [4.69, 9.17) is 25.7 Å². The molecule has 0 unspecified atom stereocenters. The lowest BCUT2D eigenvalue weighted by molar-refractivity contribution is -0.146. The van der Waals surface area contributed by atoms with Crippen molar-refractivity contribution in [3.8, 4) is 11.4 Å². The van der Waals surface area contributed by atoms with Gasteiger partial charge in [0.25, 0.3) is 5.91 Å². The number of morpholine rings is 1. The first kappa shape index (κ1) is 26.9. The van der Waals surface area contributed by atoms with E-state index < -0.39 is 5.91 Å². The molecular weight excluding hydrogens is 550 g/mol. The highest BCUT2D eigenvalue weighted by Crippen LogP contribution is 2.35. The van der Waals surface area contributed by atoms with Crippen LogP contribution in [0, 0.1) is 5.92 Å². The van der Waals surface area contributed by atoms with Gasteiger partial charge in [-0.2, -0.15) is 5.10 Å². The van der Waals surface area contributed by atoms with E-state index in [-0.39, 0.29) is 47.6 Å². The summed E-state index contributed by atoms with van der Waals surface area (Å²) in [6, 6.07) is 8.57. The van der Waals surface area contributed by atoms with Gasteiger partial charge in [-0.15, -0.1) is 0 Å². The number of pyridine rings is 2. The van der Waals surface area contributed by atoms with E-state index in [1.165, 1.54) is 6.20 Å². The Morgan fingerprint density at radius 2 is 1.90 bits per heavy atom. The quantitative estimate of drug-likeness (QED) is 0.351. The van der Waals surface area contributed by atoms with Crippen molar-refractivity contribution < 1.29 is 23.5 Å². The number of amides is 3. The second kappa shape index (κ2) is 11.3. The number of nitrogens with one attached hydrogen (secondary N) is 2. The van der Waals surface area contributed by atoms with Gasteiger partial charge in [0, 0.05) is 37.9 Å². The van der Waals surface area contributed by atoms with Gasteiger partial charge in [0.1, 0.15) is 23.6 Å². The summed E-state index contributed by atoms with van der Waals surface area (Å²) in [5, 5.41) is 10.3. The highest BCUT2D eigenvalue weighted by molar-refractivity contribution is 6.30. The van der Waals surface area contributed by atoms with E-state index in [0.717, 1.165) is 5.69 Å². The molecule has 212 valence electrons. The number of hydrogen-bond donors (Lipinski definition) is 2. The van der Waals surface area contributed by atoms with Crippen molar-refractivity contribution in [2.45, 2.75) is 31.7 Å². The third-order valence-electron chi connectivity index (χ3n) is 7.57. The fourth-order valence-electron chi connectivity index (χ4n) is 5.43. The summed E-state index contributed by atoms with van der Waals surface area (Å²) in [7, 11) is 1.80. The van der Waals surface area contributed by atoms with Gasteiger partial charge in [-0.1, -0.05) is 11.6 Å². The van der Waals surface area contributed by atoms with Crippen LogP contribution in [-0.2, 0) is 21.4 Å². The van der Waals surface area contributed by atoms with E-state index in [9.17, 15) is 14.4 Å². The summed E-state index contributed by atoms with van der Waals surface area (Å²) in [5.41, 5.74) is 2.24. The second-order valence-corrected chi connectivity index (χ2v) is 10.6. The molecule has 41 heavy (non-hydrogen) atoms. The fraction of sp³-hybridized carbons (Fsp3) is 0.357. The van der Waals surface area contributed by atoms with Crippen LogP contribution in [0.1, 0.15) is 36.2 Å². The largest absolute Gasteiger partial charge is 0.447 e. The molecule has 5 heterocycles. The zero-order valence-electron chi connectivity index (χ0n) is 22.3. The first-order valence-electron chi connectivity index (χ1n) is 13.4. The lowest BCUT2D eigenvalue weighted by Gasteiger charge is -2.38. The number of rotatable bonds is 6. The van der Waals surface area contributed by atoms with Crippen LogP contribution in [0.2, 0.25) is 5.02 Å². The molecule has 3 amide bonds. The SMILES string of the molecule is Cn1nccc1-c1ccc2oc(C(=O)Nc3ccc(Cl)cn3)c(NC(=O)[C@H]3CC[C@H](N4CCOCC4=O)CC3)c2n1. The summed E-state index contributed by atoms with van der Waals surface area (Å²) in [6.07, 6.45) is 5.74. The first-order valence-corrected chi connectivity index (χ1v) is 13.8. The molecule has 0 atom stereocenters. The number of furan rings is 1. The molecule has 2 fully saturated rings. The van der Waals surface area contributed by atoms with Gasteiger partial charge in [-0.25, -0.2) is 9.97 Å². The zero-order valence-corrected chi connectivity index (χ0v) is 23.1. The number of fused-ring (bicyclic) bond motifs is 1. The van der Waals surface area contributed by atoms with Crippen molar-refractivity contribution in [3.05, 3.63) is 53.5 Å². The lowest BCUT2D eigenvalue weighted by Crippen LogP contribution is -2.49. The topological polar surface area (TPSA) is 144 Å². The molecule has 1 saturated heterocycles. The highest BCUT2D eigenvalue weighted by Gasteiger charge is 2.34. The van der Waals surface area contributed by atoms with Gasteiger partial charge >= 0.3 is 0 Å². The fourth-order valence-corrected chi connectivity index (χ4v) is 5.55.